The molecular weight excluding hydrogens is 327 g/mol. The number of hydrogen-bond acceptors (Lipinski definition) is 5. The molecule has 2 amide bonds. The number of hydrogen-bond donors (Lipinski definition) is 2. The number of carbonyl (C=O) groups is 2. The topological polar surface area (TPSA) is 102 Å². The van der Waals surface area contributed by atoms with Gasteiger partial charge < -0.3 is 10.6 Å². The van der Waals surface area contributed by atoms with E-state index in [9.17, 15) is 14.0 Å². The van der Waals surface area contributed by atoms with E-state index in [4.69, 9.17) is 0 Å². The highest BCUT2D eigenvalue weighted by Gasteiger charge is 2.12. The number of halogens is 1. The molecular formula is C16H13FN6O2. The van der Waals surface area contributed by atoms with Gasteiger partial charge in [-0.2, -0.15) is 5.10 Å². The lowest BCUT2D eigenvalue weighted by Gasteiger charge is -2.08. The molecule has 0 bridgehead atoms. The number of carbonyl (C=O) groups excluding carboxylic acids is 2. The third-order valence-electron chi connectivity index (χ3n) is 3.21. The third kappa shape index (κ3) is 4.02. The van der Waals surface area contributed by atoms with Crippen LogP contribution in [0, 0.1) is 5.82 Å². The van der Waals surface area contributed by atoms with E-state index in [2.05, 4.69) is 25.7 Å². The first-order chi connectivity index (χ1) is 12.1. The number of aromatic nitrogens is 4. The average molecular weight is 340 g/mol. The highest BCUT2D eigenvalue weighted by atomic mass is 19.1. The van der Waals surface area contributed by atoms with Gasteiger partial charge in [0, 0.05) is 0 Å². The van der Waals surface area contributed by atoms with Crippen LogP contribution in [0.15, 0.2) is 55.2 Å². The van der Waals surface area contributed by atoms with Gasteiger partial charge in [0.25, 0.3) is 5.91 Å². The second-order valence-electron chi connectivity index (χ2n) is 4.96. The fourth-order valence-electron chi connectivity index (χ4n) is 2.03. The summed E-state index contributed by atoms with van der Waals surface area (Å²) in [5.41, 5.74) is 0.336. The van der Waals surface area contributed by atoms with Gasteiger partial charge in [-0.05, 0) is 24.3 Å². The Balaban J connectivity index is 1.54. The van der Waals surface area contributed by atoms with Crippen LogP contribution in [-0.2, 0) is 4.79 Å². The van der Waals surface area contributed by atoms with E-state index in [1.165, 1.54) is 41.7 Å². The maximum Gasteiger partial charge on any atom is 0.254 e. The van der Waals surface area contributed by atoms with Crippen LogP contribution < -0.4 is 10.6 Å². The number of rotatable bonds is 5. The van der Waals surface area contributed by atoms with E-state index in [-0.39, 0.29) is 12.1 Å². The van der Waals surface area contributed by atoms with Gasteiger partial charge in [-0.3, -0.25) is 9.59 Å². The van der Waals surface area contributed by atoms with E-state index < -0.39 is 17.6 Å². The number of anilines is 1. The number of amides is 2. The Labute approximate surface area is 141 Å². The summed E-state index contributed by atoms with van der Waals surface area (Å²) < 4.78 is 15.0. The summed E-state index contributed by atoms with van der Waals surface area (Å²) in [4.78, 5) is 31.7. The highest BCUT2D eigenvalue weighted by Crippen LogP contribution is 2.09. The van der Waals surface area contributed by atoms with Gasteiger partial charge in [-0.1, -0.05) is 12.1 Å². The fraction of sp³-hybridized carbons (Fsp3) is 0.0625. The van der Waals surface area contributed by atoms with Gasteiger partial charge in [0.05, 0.1) is 24.0 Å². The van der Waals surface area contributed by atoms with Crippen LogP contribution in [0.25, 0.3) is 5.82 Å². The second-order valence-corrected chi connectivity index (χ2v) is 4.96. The predicted octanol–water partition coefficient (Wildman–Crippen LogP) is 1.17. The molecule has 2 heterocycles. The van der Waals surface area contributed by atoms with Crippen LogP contribution in [0.5, 0.6) is 0 Å². The minimum atomic E-state index is -0.659. The summed E-state index contributed by atoms with van der Waals surface area (Å²) in [6.07, 6.45) is 4.34. The maximum absolute atomic E-state index is 13.5. The van der Waals surface area contributed by atoms with Gasteiger partial charge >= 0.3 is 0 Å². The van der Waals surface area contributed by atoms with Gasteiger partial charge in [-0.25, -0.2) is 19.0 Å². The van der Waals surface area contributed by atoms with E-state index in [1.807, 2.05) is 0 Å². The molecule has 0 radical (unpaired) electrons. The Hall–Kier alpha value is -3.62. The zero-order valence-corrected chi connectivity index (χ0v) is 12.9. The Morgan fingerprint density at radius 1 is 1.16 bits per heavy atom. The van der Waals surface area contributed by atoms with Crippen molar-refractivity contribution in [3.63, 3.8) is 0 Å². The number of nitrogens with one attached hydrogen (secondary N) is 2. The highest BCUT2D eigenvalue weighted by molar-refractivity contribution is 5.99. The molecule has 3 rings (SSSR count). The first-order valence-corrected chi connectivity index (χ1v) is 7.27. The normalized spacial score (nSPS) is 10.3. The number of pyridine rings is 1. The molecule has 3 aromatic rings. The first kappa shape index (κ1) is 16.2. The summed E-state index contributed by atoms with van der Waals surface area (Å²) in [6.45, 7) is -0.294. The third-order valence-corrected chi connectivity index (χ3v) is 3.21. The van der Waals surface area contributed by atoms with E-state index in [0.29, 0.717) is 11.5 Å². The van der Waals surface area contributed by atoms with Gasteiger partial charge in [0.2, 0.25) is 5.91 Å². The van der Waals surface area contributed by atoms with Crippen molar-refractivity contribution in [3.05, 3.63) is 66.6 Å². The SMILES string of the molecule is O=C(CNC(=O)c1ccccc1F)Nc1ccc(-n2cncn2)nc1. The molecule has 9 heteroatoms. The van der Waals surface area contributed by atoms with Crippen molar-refractivity contribution in [3.8, 4) is 5.82 Å². The molecule has 0 aliphatic rings. The molecule has 0 aliphatic carbocycles. The molecule has 2 aromatic heterocycles. The lowest BCUT2D eigenvalue weighted by molar-refractivity contribution is -0.115. The second kappa shape index (κ2) is 7.30. The van der Waals surface area contributed by atoms with Crippen molar-refractivity contribution >= 4 is 17.5 Å². The van der Waals surface area contributed by atoms with Crippen molar-refractivity contribution < 1.29 is 14.0 Å². The summed E-state index contributed by atoms with van der Waals surface area (Å²) in [7, 11) is 0. The molecule has 1 aromatic carbocycles. The molecule has 0 atom stereocenters. The van der Waals surface area contributed by atoms with Crippen molar-refractivity contribution in [2.24, 2.45) is 0 Å². The smallest absolute Gasteiger partial charge is 0.254 e. The molecule has 0 unspecified atom stereocenters. The Bertz CT molecular complexity index is 880. The van der Waals surface area contributed by atoms with Crippen LogP contribution in [0.4, 0.5) is 10.1 Å². The van der Waals surface area contributed by atoms with E-state index in [1.54, 1.807) is 18.2 Å². The minimum Gasteiger partial charge on any atom is -0.343 e. The average Bonchev–Trinajstić information content (AvgIpc) is 3.15. The van der Waals surface area contributed by atoms with Crippen molar-refractivity contribution in [1.29, 1.82) is 0 Å². The summed E-state index contributed by atoms with van der Waals surface area (Å²) >= 11 is 0. The molecule has 0 saturated carbocycles. The lowest BCUT2D eigenvalue weighted by Crippen LogP contribution is -2.33. The summed E-state index contributed by atoms with van der Waals surface area (Å²) in [5, 5.41) is 8.88. The maximum atomic E-state index is 13.5. The first-order valence-electron chi connectivity index (χ1n) is 7.27. The number of benzene rings is 1. The zero-order valence-electron chi connectivity index (χ0n) is 12.9. The van der Waals surface area contributed by atoms with Crippen LogP contribution in [0.3, 0.4) is 0 Å². The standard InChI is InChI=1S/C16H13FN6O2/c17-13-4-2-1-3-12(13)16(25)20-8-15(24)22-11-5-6-14(19-7-11)23-10-18-9-21-23/h1-7,9-10H,8H2,(H,20,25)(H,22,24). The molecule has 0 saturated heterocycles. The van der Waals surface area contributed by atoms with Gasteiger partial charge in [0.15, 0.2) is 5.82 Å². The molecule has 2 N–H and O–H groups in total. The lowest BCUT2D eigenvalue weighted by atomic mass is 10.2. The van der Waals surface area contributed by atoms with Crippen molar-refractivity contribution in [1.82, 2.24) is 25.1 Å². The number of nitrogens with zero attached hydrogens (tertiary/aromatic N) is 4. The van der Waals surface area contributed by atoms with Crippen LogP contribution in [0.1, 0.15) is 10.4 Å². The summed E-state index contributed by atoms with van der Waals surface area (Å²) in [6, 6.07) is 8.84. The van der Waals surface area contributed by atoms with E-state index in [0.717, 1.165) is 0 Å². The van der Waals surface area contributed by atoms with Crippen LogP contribution in [0.2, 0.25) is 0 Å². The molecule has 8 nitrogen and oxygen atoms in total. The molecule has 126 valence electrons. The monoisotopic (exact) mass is 340 g/mol. The Kier molecular flexibility index (Phi) is 4.74. The predicted molar refractivity (Wildman–Crippen MR) is 86.5 cm³/mol. The largest absolute Gasteiger partial charge is 0.343 e. The Morgan fingerprint density at radius 2 is 2.00 bits per heavy atom. The van der Waals surface area contributed by atoms with E-state index >= 15 is 0 Å². The van der Waals surface area contributed by atoms with Crippen molar-refractivity contribution in [2.75, 3.05) is 11.9 Å². The van der Waals surface area contributed by atoms with Crippen molar-refractivity contribution in [2.45, 2.75) is 0 Å². The Morgan fingerprint density at radius 3 is 2.68 bits per heavy atom. The van der Waals surface area contributed by atoms with Crippen LogP contribution in [-0.4, -0.2) is 38.1 Å². The zero-order chi connectivity index (χ0) is 17.6. The summed E-state index contributed by atoms with van der Waals surface area (Å²) in [5.74, 6) is -1.22. The minimum absolute atomic E-state index is 0.117. The quantitative estimate of drug-likeness (QED) is 0.726. The molecule has 0 fully saturated rings. The van der Waals surface area contributed by atoms with Gasteiger partial charge in [0.1, 0.15) is 18.5 Å². The molecule has 0 spiro atoms. The molecule has 0 aliphatic heterocycles. The fourth-order valence-corrected chi connectivity index (χ4v) is 2.03. The molecule has 25 heavy (non-hydrogen) atoms. The van der Waals surface area contributed by atoms with Gasteiger partial charge in [-0.15, -0.1) is 0 Å². The van der Waals surface area contributed by atoms with Crippen LogP contribution >= 0.6 is 0 Å².